The zero-order chi connectivity index (χ0) is 11.4. The molecule has 1 aromatic rings. The average Bonchev–Trinajstić information content (AvgIpc) is 2.12. The van der Waals surface area contributed by atoms with Crippen molar-refractivity contribution in [3.63, 3.8) is 0 Å². The van der Waals surface area contributed by atoms with Crippen molar-refractivity contribution in [2.45, 2.75) is 20.3 Å². The van der Waals surface area contributed by atoms with E-state index in [9.17, 15) is 0 Å². The minimum absolute atomic E-state index is 0.420. The Balaban J connectivity index is 2.68. The molecule has 0 spiro atoms. The second-order valence-corrected chi connectivity index (χ2v) is 4.95. The average molecular weight is 268 g/mol. The molecule has 0 fully saturated rings. The molecule has 0 heterocycles. The highest BCUT2D eigenvalue weighted by Gasteiger charge is 2.08. The van der Waals surface area contributed by atoms with Gasteiger partial charge in [-0.3, -0.25) is 0 Å². The van der Waals surface area contributed by atoms with E-state index in [1.165, 1.54) is 0 Å². The third kappa shape index (κ3) is 4.10. The van der Waals surface area contributed by atoms with Gasteiger partial charge in [0.25, 0.3) is 0 Å². The number of benzene rings is 1. The van der Waals surface area contributed by atoms with Gasteiger partial charge in [-0.25, -0.2) is 0 Å². The molecule has 0 unspecified atom stereocenters. The van der Waals surface area contributed by atoms with Gasteiger partial charge >= 0.3 is 0 Å². The zero-order valence-corrected chi connectivity index (χ0v) is 11.0. The van der Waals surface area contributed by atoms with E-state index in [0.717, 1.165) is 6.42 Å². The quantitative estimate of drug-likeness (QED) is 0.692. The van der Waals surface area contributed by atoms with Crippen molar-refractivity contribution < 1.29 is 4.74 Å². The van der Waals surface area contributed by atoms with E-state index < -0.39 is 0 Å². The summed E-state index contributed by atoms with van der Waals surface area (Å²) in [6.07, 6.45) is 0.973. The highest BCUT2D eigenvalue weighted by Crippen LogP contribution is 2.35. The molecule has 15 heavy (non-hydrogen) atoms. The lowest BCUT2D eigenvalue weighted by Gasteiger charge is -2.10. The summed E-state index contributed by atoms with van der Waals surface area (Å²) in [4.78, 5) is 0. The molecule has 0 aliphatic rings. The van der Waals surface area contributed by atoms with Crippen LogP contribution in [0.5, 0.6) is 5.75 Å². The number of hydrogen-bond acceptors (Lipinski definition) is 1. The Morgan fingerprint density at radius 3 is 2.47 bits per heavy atom. The van der Waals surface area contributed by atoms with Gasteiger partial charge in [0.05, 0.1) is 11.6 Å². The maximum absolute atomic E-state index is 5.96. The molecular weight excluding hydrogens is 254 g/mol. The molecule has 0 N–H and O–H groups in total. The lowest BCUT2D eigenvalue weighted by Crippen LogP contribution is -2.01. The van der Waals surface area contributed by atoms with Crippen molar-refractivity contribution in [1.29, 1.82) is 0 Å². The Morgan fingerprint density at radius 2 is 1.87 bits per heavy atom. The van der Waals surface area contributed by atoms with E-state index in [4.69, 9.17) is 39.5 Å². The predicted molar refractivity (Wildman–Crippen MR) is 66.4 cm³/mol. The molecule has 1 rings (SSSR count). The number of hydrogen-bond donors (Lipinski definition) is 0. The summed E-state index contributed by atoms with van der Waals surface area (Å²) in [5.41, 5.74) is 0. The first-order chi connectivity index (χ1) is 7.00. The summed E-state index contributed by atoms with van der Waals surface area (Å²) in [7, 11) is 0. The van der Waals surface area contributed by atoms with Crippen molar-refractivity contribution >= 4 is 34.8 Å². The van der Waals surface area contributed by atoms with Crippen LogP contribution >= 0.6 is 34.8 Å². The summed E-state index contributed by atoms with van der Waals surface area (Å²) in [6.45, 7) is 4.89. The van der Waals surface area contributed by atoms with Gasteiger partial charge in [-0.05, 0) is 18.4 Å². The van der Waals surface area contributed by atoms with E-state index in [-0.39, 0.29) is 0 Å². The van der Waals surface area contributed by atoms with Crippen LogP contribution < -0.4 is 4.74 Å². The van der Waals surface area contributed by atoms with Crippen LogP contribution in [-0.2, 0) is 0 Å². The van der Waals surface area contributed by atoms with Crippen molar-refractivity contribution in [2.75, 3.05) is 6.61 Å². The van der Waals surface area contributed by atoms with Gasteiger partial charge in [0.1, 0.15) is 10.8 Å². The molecule has 0 bridgehead atoms. The summed E-state index contributed by atoms with van der Waals surface area (Å²) in [5.74, 6) is 1.15. The van der Waals surface area contributed by atoms with E-state index in [1.807, 2.05) is 0 Å². The molecule has 0 aliphatic carbocycles. The third-order valence-electron chi connectivity index (χ3n) is 1.91. The van der Waals surface area contributed by atoms with Gasteiger partial charge < -0.3 is 4.74 Å². The number of halogens is 3. The minimum Gasteiger partial charge on any atom is -0.492 e. The van der Waals surface area contributed by atoms with Crippen LogP contribution in [0.2, 0.25) is 15.1 Å². The third-order valence-corrected chi connectivity index (χ3v) is 2.92. The maximum atomic E-state index is 5.96. The lowest BCUT2D eigenvalue weighted by molar-refractivity contribution is 0.290. The van der Waals surface area contributed by atoms with Crippen LogP contribution in [0, 0.1) is 5.92 Å². The van der Waals surface area contributed by atoms with E-state index >= 15 is 0 Å². The van der Waals surface area contributed by atoms with Crippen LogP contribution in [0.4, 0.5) is 0 Å². The Kier molecular flexibility index (Phi) is 5.04. The van der Waals surface area contributed by atoms with Gasteiger partial charge in [-0.15, -0.1) is 0 Å². The molecular formula is C11H13Cl3O. The van der Waals surface area contributed by atoms with E-state index in [0.29, 0.717) is 33.3 Å². The van der Waals surface area contributed by atoms with Crippen LogP contribution in [0.3, 0.4) is 0 Å². The van der Waals surface area contributed by atoms with Crippen LogP contribution in [0.25, 0.3) is 0 Å². The highest BCUT2D eigenvalue weighted by molar-refractivity contribution is 6.44. The standard InChI is InChI=1S/C11H13Cl3O/c1-7(2)3-4-15-10-6-8(12)5-9(13)11(10)14/h5-7H,3-4H2,1-2H3. The number of rotatable bonds is 4. The molecule has 0 atom stereocenters. The van der Waals surface area contributed by atoms with Crippen molar-refractivity contribution in [2.24, 2.45) is 5.92 Å². The predicted octanol–water partition coefficient (Wildman–Crippen LogP) is 5.07. The molecule has 0 saturated heterocycles. The van der Waals surface area contributed by atoms with Crippen molar-refractivity contribution in [3.05, 3.63) is 27.2 Å². The molecule has 1 aromatic carbocycles. The first kappa shape index (κ1) is 13.0. The van der Waals surface area contributed by atoms with Gasteiger partial charge in [-0.1, -0.05) is 48.7 Å². The summed E-state index contributed by atoms with van der Waals surface area (Å²) < 4.78 is 5.51. The van der Waals surface area contributed by atoms with Crippen LogP contribution in [0.1, 0.15) is 20.3 Å². The number of ether oxygens (including phenoxy) is 1. The van der Waals surface area contributed by atoms with Crippen LogP contribution in [-0.4, -0.2) is 6.61 Å². The molecule has 0 amide bonds. The fourth-order valence-corrected chi connectivity index (χ4v) is 1.68. The van der Waals surface area contributed by atoms with E-state index in [2.05, 4.69) is 13.8 Å². The second-order valence-electron chi connectivity index (χ2n) is 3.73. The molecule has 4 heteroatoms. The fraction of sp³-hybridized carbons (Fsp3) is 0.455. The van der Waals surface area contributed by atoms with Gasteiger partial charge in [0.15, 0.2) is 0 Å². The molecule has 0 saturated carbocycles. The smallest absolute Gasteiger partial charge is 0.140 e. The SMILES string of the molecule is CC(C)CCOc1cc(Cl)cc(Cl)c1Cl. The van der Waals surface area contributed by atoms with Gasteiger partial charge in [-0.2, -0.15) is 0 Å². The first-order valence-corrected chi connectivity index (χ1v) is 5.91. The summed E-state index contributed by atoms with van der Waals surface area (Å²) in [6, 6.07) is 3.27. The van der Waals surface area contributed by atoms with Crippen molar-refractivity contribution in [1.82, 2.24) is 0 Å². The fourth-order valence-electron chi connectivity index (χ4n) is 1.04. The first-order valence-electron chi connectivity index (χ1n) is 4.78. The Labute approximate surface area is 105 Å². The monoisotopic (exact) mass is 266 g/mol. The van der Waals surface area contributed by atoms with Crippen molar-refractivity contribution in [3.8, 4) is 5.75 Å². The molecule has 84 valence electrons. The molecule has 0 aliphatic heterocycles. The van der Waals surface area contributed by atoms with Gasteiger partial charge in [0, 0.05) is 11.1 Å². The molecule has 1 nitrogen and oxygen atoms in total. The second kappa shape index (κ2) is 5.83. The largest absolute Gasteiger partial charge is 0.492 e. The normalized spacial score (nSPS) is 10.8. The minimum atomic E-state index is 0.420. The lowest BCUT2D eigenvalue weighted by atomic mass is 10.1. The molecule has 0 radical (unpaired) electrons. The Bertz CT molecular complexity index is 337. The Morgan fingerprint density at radius 1 is 1.20 bits per heavy atom. The van der Waals surface area contributed by atoms with E-state index in [1.54, 1.807) is 12.1 Å². The van der Waals surface area contributed by atoms with Gasteiger partial charge in [0.2, 0.25) is 0 Å². The van der Waals surface area contributed by atoms with Crippen LogP contribution in [0.15, 0.2) is 12.1 Å². The zero-order valence-electron chi connectivity index (χ0n) is 8.69. The highest BCUT2D eigenvalue weighted by atomic mass is 35.5. The summed E-state index contributed by atoms with van der Waals surface area (Å²) in [5, 5.41) is 1.37. The molecule has 0 aromatic heterocycles. The summed E-state index contributed by atoms with van der Waals surface area (Å²) >= 11 is 17.7. The Hall–Kier alpha value is -0.110. The topological polar surface area (TPSA) is 9.23 Å². The maximum Gasteiger partial charge on any atom is 0.140 e.